The van der Waals surface area contributed by atoms with E-state index in [1.807, 2.05) is 37.4 Å². The van der Waals surface area contributed by atoms with Crippen LogP contribution in [-0.4, -0.2) is 24.1 Å². The Morgan fingerprint density at radius 2 is 1.95 bits per heavy atom. The van der Waals surface area contributed by atoms with Crippen LogP contribution >= 0.6 is 11.6 Å². The predicted octanol–water partition coefficient (Wildman–Crippen LogP) is 2.91. The van der Waals surface area contributed by atoms with Crippen LogP contribution in [-0.2, 0) is 17.8 Å². The maximum Gasteiger partial charge on any atom is 0.135 e. The summed E-state index contributed by atoms with van der Waals surface area (Å²) in [6.45, 7) is 0.477. The number of hydrogen-bond donors (Lipinski definition) is 1. The second-order valence-electron chi connectivity index (χ2n) is 4.15. The third kappa shape index (κ3) is 3.91. The Balaban J connectivity index is 2.23. The summed E-state index contributed by atoms with van der Waals surface area (Å²) in [6, 6.07) is 9.58. The van der Waals surface area contributed by atoms with Gasteiger partial charge in [0.2, 0.25) is 0 Å². The Morgan fingerprint density at radius 1 is 1.21 bits per heavy atom. The molecule has 1 aromatic heterocycles. The summed E-state index contributed by atoms with van der Waals surface area (Å²) in [6.07, 6.45) is 0.670. The van der Waals surface area contributed by atoms with E-state index in [-0.39, 0.29) is 0 Å². The first kappa shape index (κ1) is 13.8. The summed E-state index contributed by atoms with van der Waals surface area (Å²) in [5.74, 6) is 1.56. The van der Waals surface area contributed by atoms with Crippen LogP contribution in [0.5, 0.6) is 0 Å². The maximum absolute atomic E-state index is 5.87. The molecule has 19 heavy (non-hydrogen) atoms. The Hall–Kier alpha value is -1.65. The molecule has 0 aliphatic carbocycles. The van der Waals surface area contributed by atoms with Gasteiger partial charge in [-0.25, -0.2) is 9.97 Å². The fraction of sp³-hybridized carbons (Fsp3) is 0.286. The number of hydrogen-bond acceptors (Lipinski definition) is 4. The van der Waals surface area contributed by atoms with Crippen molar-refractivity contribution >= 4 is 17.4 Å². The average molecular weight is 278 g/mol. The zero-order chi connectivity index (χ0) is 13.7. The number of rotatable bonds is 5. The molecular formula is C14H16ClN3O. The summed E-state index contributed by atoms with van der Waals surface area (Å²) >= 11 is 5.87. The molecule has 0 saturated carbocycles. The Kier molecular flexibility index (Phi) is 4.71. The molecule has 0 unspecified atom stereocenters. The molecule has 5 heteroatoms. The molecule has 4 nitrogen and oxygen atoms in total. The van der Waals surface area contributed by atoms with Gasteiger partial charge in [-0.2, -0.15) is 0 Å². The van der Waals surface area contributed by atoms with E-state index in [1.165, 1.54) is 0 Å². The standard InChI is InChI=1S/C14H16ClN3O/c1-16-13-8-12(9-19-2)17-14(18-13)7-10-3-5-11(15)6-4-10/h3-6,8H,7,9H2,1-2H3,(H,16,17,18). The van der Waals surface area contributed by atoms with Crippen LogP contribution in [0.25, 0.3) is 0 Å². The number of ether oxygens (including phenoxy) is 1. The Labute approximate surface area is 117 Å². The van der Waals surface area contributed by atoms with Crippen molar-refractivity contribution in [2.75, 3.05) is 19.5 Å². The number of nitrogens with one attached hydrogen (secondary N) is 1. The molecular weight excluding hydrogens is 262 g/mol. The third-order valence-corrected chi connectivity index (χ3v) is 2.90. The molecule has 0 atom stereocenters. The molecule has 0 saturated heterocycles. The van der Waals surface area contributed by atoms with Gasteiger partial charge in [0.15, 0.2) is 0 Å². The van der Waals surface area contributed by atoms with E-state index < -0.39 is 0 Å². The highest BCUT2D eigenvalue weighted by Crippen LogP contribution is 2.14. The van der Waals surface area contributed by atoms with Gasteiger partial charge in [0, 0.05) is 31.7 Å². The van der Waals surface area contributed by atoms with Crippen molar-refractivity contribution in [3.8, 4) is 0 Å². The molecule has 1 heterocycles. The normalized spacial score (nSPS) is 10.5. The summed E-state index contributed by atoms with van der Waals surface area (Å²) in [5, 5.41) is 3.76. The van der Waals surface area contributed by atoms with Crippen molar-refractivity contribution in [3.05, 3.63) is 52.4 Å². The lowest BCUT2D eigenvalue weighted by atomic mass is 10.1. The van der Waals surface area contributed by atoms with Crippen LogP contribution in [0.2, 0.25) is 5.02 Å². The van der Waals surface area contributed by atoms with E-state index in [2.05, 4.69) is 15.3 Å². The van der Waals surface area contributed by atoms with E-state index >= 15 is 0 Å². The number of anilines is 1. The lowest BCUT2D eigenvalue weighted by Crippen LogP contribution is -2.05. The number of aromatic nitrogens is 2. The van der Waals surface area contributed by atoms with Crippen molar-refractivity contribution in [2.24, 2.45) is 0 Å². The number of benzene rings is 1. The molecule has 1 N–H and O–H groups in total. The van der Waals surface area contributed by atoms with Crippen molar-refractivity contribution in [1.82, 2.24) is 9.97 Å². The van der Waals surface area contributed by atoms with E-state index in [9.17, 15) is 0 Å². The molecule has 0 aliphatic rings. The molecule has 0 radical (unpaired) electrons. The Morgan fingerprint density at radius 3 is 2.58 bits per heavy atom. The van der Waals surface area contributed by atoms with Gasteiger partial charge in [0.1, 0.15) is 11.6 Å². The quantitative estimate of drug-likeness (QED) is 0.913. The summed E-state index contributed by atoms with van der Waals surface area (Å²) < 4.78 is 5.11. The number of halogens is 1. The lowest BCUT2D eigenvalue weighted by molar-refractivity contribution is 0.181. The first-order chi connectivity index (χ1) is 9.21. The van der Waals surface area contributed by atoms with Gasteiger partial charge in [0.25, 0.3) is 0 Å². The fourth-order valence-electron chi connectivity index (χ4n) is 1.77. The van der Waals surface area contributed by atoms with Crippen molar-refractivity contribution in [1.29, 1.82) is 0 Å². The first-order valence-electron chi connectivity index (χ1n) is 5.99. The van der Waals surface area contributed by atoms with Gasteiger partial charge in [-0.3, -0.25) is 0 Å². The third-order valence-electron chi connectivity index (χ3n) is 2.65. The molecule has 0 amide bonds. The van der Waals surface area contributed by atoms with Crippen LogP contribution in [0.3, 0.4) is 0 Å². The summed E-state index contributed by atoms with van der Waals surface area (Å²) in [5.41, 5.74) is 1.99. The van der Waals surface area contributed by atoms with Gasteiger partial charge < -0.3 is 10.1 Å². The molecule has 2 rings (SSSR count). The predicted molar refractivity (Wildman–Crippen MR) is 76.5 cm³/mol. The minimum absolute atomic E-state index is 0.477. The highest BCUT2D eigenvalue weighted by atomic mass is 35.5. The highest BCUT2D eigenvalue weighted by Gasteiger charge is 2.05. The largest absolute Gasteiger partial charge is 0.378 e. The molecule has 0 bridgehead atoms. The topological polar surface area (TPSA) is 47.0 Å². The van der Waals surface area contributed by atoms with Gasteiger partial charge in [0.05, 0.1) is 12.3 Å². The van der Waals surface area contributed by atoms with Gasteiger partial charge in [-0.15, -0.1) is 0 Å². The number of methoxy groups -OCH3 is 1. The van der Waals surface area contributed by atoms with Crippen LogP contribution in [0, 0.1) is 0 Å². The van der Waals surface area contributed by atoms with E-state index in [0.717, 1.165) is 27.9 Å². The lowest BCUT2D eigenvalue weighted by Gasteiger charge is -2.07. The molecule has 0 aliphatic heterocycles. The number of nitrogens with zero attached hydrogens (tertiary/aromatic N) is 2. The van der Waals surface area contributed by atoms with Crippen molar-refractivity contribution in [2.45, 2.75) is 13.0 Å². The monoisotopic (exact) mass is 277 g/mol. The van der Waals surface area contributed by atoms with Crippen molar-refractivity contribution < 1.29 is 4.74 Å². The molecule has 100 valence electrons. The van der Waals surface area contributed by atoms with Gasteiger partial charge in [-0.05, 0) is 17.7 Å². The zero-order valence-electron chi connectivity index (χ0n) is 11.0. The van der Waals surface area contributed by atoms with Crippen LogP contribution < -0.4 is 5.32 Å². The second kappa shape index (κ2) is 6.50. The molecule has 2 aromatic rings. The highest BCUT2D eigenvalue weighted by molar-refractivity contribution is 6.30. The van der Waals surface area contributed by atoms with E-state index in [0.29, 0.717) is 13.0 Å². The van der Waals surface area contributed by atoms with E-state index in [1.54, 1.807) is 7.11 Å². The minimum atomic E-state index is 0.477. The van der Waals surface area contributed by atoms with Crippen LogP contribution in [0.1, 0.15) is 17.1 Å². The first-order valence-corrected chi connectivity index (χ1v) is 6.37. The van der Waals surface area contributed by atoms with Gasteiger partial charge >= 0.3 is 0 Å². The Bertz CT molecular complexity index is 543. The van der Waals surface area contributed by atoms with E-state index in [4.69, 9.17) is 16.3 Å². The smallest absolute Gasteiger partial charge is 0.135 e. The second-order valence-corrected chi connectivity index (χ2v) is 4.58. The SMILES string of the molecule is CNc1cc(COC)nc(Cc2ccc(Cl)cc2)n1. The van der Waals surface area contributed by atoms with Crippen LogP contribution in [0.15, 0.2) is 30.3 Å². The fourth-order valence-corrected chi connectivity index (χ4v) is 1.89. The molecule has 0 spiro atoms. The summed E-state index contributed by atoms with van der Waals surface area (Å²) in [7, 11) is 3.49. The van der Waals surface area contributed by atoms with Crippen LogP contribution in [0.4, 0.5) is 5.82 Å². The zero-order valence-corrected chi connectivity index (χ0v) is 11.7. The minimum Gasteiger partial charge on any atom is -0.378 e. The average Bonchev–Trinajstić information content (AvgIpc) is 2.41. The van der Waals surface area contributed by atoms with Gasteiger partial charge in [-0.1, -0.05) is 23.7 Å². The van der Waals surface area contributed by atoms with Crippen molar-refractivity contribution in [3.63, 3.8) is 0 Å². The summed E-state index contributed by atoms with van der Waals surface area (Å²) in [4.78, 5) is 8.92. The maximum atomic E-state index is 5.87. The molecule has 0 fully saturated rings. The molecule has 1 aromatic carbocycles.